The Morgan fingerprint density at radius 2 is 1.67 bits per heavy atom. The van der Waals surface area contributed by atoms with Gasteiger partial charge >= 0.3 is 0 Å². The summed E-state index contributed by atoms with van der Waals surface area (Å²) >= 11 is 0. The Bertz CT molecular complexity index is 788. The maximum atomic E-state index is 11.4. The molecule has 5 heteroatoms. The van der Waals surface area contributed by atoms with Crippen LogP contribution in [-0.2, 0) is 22.8 Å². The fourth-order valence-electron chi connectivity index (χ4n) is 2.20. The first-order chi connectivity index (χ1) is 11.5. The lowest BCUT2D eigenvalue weighted by Crippen LogP contribution is -2.16. The topological polar surface area (TPSA) is 55.4 Å². The summed E-state index contributed by atoms with van der Waals surface area (Å²) in [5, 5.41) is 3.35. The van der Waals surface area contributed by atoms with Crippen molar-refractivity contribution >= 4 is 9.84 Å². The first kappa shape index (κ1) is 18.1. The monoisotopic (exact) mass is 343 g/mol. The molecule has 2 aromatic rings. The van der Waals surface area contributed by atoms with Crippen molar-refractivity contribution in [2.45, 2.75) is 17.9 Å². The number of ether oxygens (including phenoxy) is 1. The van der Waals surface area contributed by atoms with E-state index in [-0.39, 0.29) is 6.61 Å². The number of rotatable bonds is 8. The van der Waals surface area contributed by atoms with Crippen molar-refractivity contribution in [1.82, 2.24) is 5.32 Å². The molecule has 0 heterocycles. The van der Waals surface area contributed by atoms with Gasteiger partial charge in [-0.15, -0.1) is 6.42 Å². The third-order valence-corrected chi connectivity index (χ3v) is 4.65. The zero-order valence-electron chi connectivity index (χ0n) is 13.7. The minimum Gasteiger partial charge on any atom is -0.481 e. The minimum atomic E-state index is -3.13. The molecule has 0 bridgehead atoms. The number of terminal acetylenes is 1. The Hall–Kier alpha value is -2.29. The van der Waals surface area contributed by atoms with Gasteiger partial charge in [0.2, 0.25) is 0 Å². The van der Waals surface area contributed by atoms with E-state index >= 15 is 0 Å². The first-order valence-electron chi connectivity index (χ1n) is 7.64. The standard InChI is InChI=1S/C19H21NO3S/c1-3-14-23-18-8-4-16(5-9-18)12-13-20-15-17-6-10-19(11-7-17)24(2,21)22/h1,4-11,20H,12-15H2,2H3. The summed E-state index contributed by atoms with van der Waals surface area (Å²) in [6.07, 6.45) is 7.26. The Morgan fingerprint density at radius 1 is 1.04 bits per heavy atom. The Kier molecular flexibility index (Phi) is 6.42. The molecule has 0 fully saturated rings. The van der Waals surface area contributed by atoms with Crippen molar-refractivity contribution in [1.29, 1.82) is 0 Å². The predicted molar refractivity (Wildman–Crippen MR) is 95.7 cm³/mol. The molecule has 0 spiro atoms. The third-order valence-electron chi connectivity index (χ3n) is 3.52. The summed E-state index contributed by atoms with van der Waals surface area (Å²) in [4.78, 5) is 0.346. The predicted octanol–water partition coefficient (Wildman–Crippen LogP) is 2.43. The molecule has 0 unspecified atom stereocenters. The van der Waals surface area contributed by atoms with E-state index in [2.05, 4.69) is 11.2 Å². The van der Waals surface area contributed by atoms with Gasteiger partial charge in [-0.2, -0.15) is 0 Å². The number of benzene rings is 2. The second kappa shape index (κ2) is 8.53. The highest BCUT2D eigenvalue weighted by atomic mass is 32.2. The van der Waals surface area contributed by atoms with E-state index in [0.717, 1.165) is 24.3 Å². The molecular weight excluding hydrogens is 322 g/mol. The highest BCUT2D eigenvalue weighted by molar-refractivity contribution is 7.90. The van der Waals surface area contributed by atoms with Gasteiger partial charge in [0.1, 0.15) is 12.4 Å². The van der Waals surface area contributed by atoms with Crippen LogP contribution in [0, 0.1) is 12.3 Å². The number of nitrogens with one attached hydrogen (secondary N) is 1. The molecule has 0 saturated heterocycles. The fourth-order valence-corrected chi connectivity index (χ4v) is 2.83. The molecule has 126 valence electrons. The second-order valence-corrected chi connectivity index (χ2v) is 7.50. The van der Waals surface area contributed by atoms with Gasteiger partial charge in [0, 0.05) is 12.8 Å². The molecule has 0 radical (unpaired) electrons. The molecule has 4 nitrogen and oxygen atoms in total. The van der Waals surface area contributed by atoms with E-state index in [4.69, 9.17) is 11.2 Å². The molecule has 0 amide bonds. The Labute approximate surface area is 143 Å². The minimum absolute atomic E-state index is 0.277. The SMILES string of the molecule is C#CCOc1ccc(CCNCc2ccc(S(C)(=O)=O)cc2)cc1. The van der Waals surface area contributed by atoms with E-state index in [9.17, 15) is 8.42 Å². The van der Waals surface area contributed by atoms with E-state index in [1.54, 1.807) is 12.1 Å². The van der Waals surface area contributed by atoms with Crippen LogP contribution in [-0.4, -0.2) is 27.8 Å². The average Bonchev–Trinajstić information content (AvgIpc) is 2.57. The lowest BCUT2D eigenvalue weighted by molar-refractivity contribution is 0.370. The van der Waals surface area contributed by atoms with Crippen molar-refractivity contribution in [3.63, 3.8) is 0 Å². The molecule has 0 aliphatic carbocycles. The van der Waals surface area contributed by atoms with Gasteiger partial charge in [0.25, 0.3) is 0 Å². The van der Waals surface area contributed by atoms with Crippen LogP contribution in [0.2, 0.25) is 0 Å². The zero-order chi connectivity index (χ0) is 17.4. The van der Waals surface area contributed by atoms with E-state index in [1.165, 1.54) is 11.8 Å². The highest BCUT2D eigenvalue weighted by Gasteiger charge is 2.05. The van der Waals surface area contributed by atoms with Crippen LogP contribution in [0.3, 0.4) is 0 Å². The van der Waals surface area contributed by atoms with Crippen LogP contribution < -0.4 is 10.1 Å². The lowest BCUT2D eigenvalue weighted by atomic mass is 10.1. The van der Waals surface area contributed by atoms with Crippen molar-refractivity contribution < 1.29 is 13.2 Å². The lowest BCUT2D eigenvalue weighted by Gasteiger charge is -2.07. The Morgan fingerprint density at radius 3 is 2.25 bits per heavy atom. The van der Waals surface area contributed by atoms with Gasteiger partial charge in [-0.3, -0.25) is 0 Å². The zero-order valence-corrected chi connectivity index (χ0v) is 14.5. The molecule has 2 aromatic carbocycles. The van der Waals surface area contributed by atoms with Crippen LogP contribution >= 0.6 is 0 Å². The van der Waals surface area contributed by atoms with E-state index in [1.807, 2.05) is 36.4 Å². The molecule has 0 aliphatic rings. The summed E-state index contributed by atoms with van der Waals surface area (Å²) in [7, 11) is -3.13. The first-order valence-corrected chi connectivity index (χ1v) is 9.53. The summed E-state index contributed by atoms with van der Waals surface area (Å²) in [6, 6.07) is 14.8. The van der Waals surface area contributed by atoms with Gasteiger partial charge < -0.3 is 10.1 Å². The third kappa shape index (κ3) is 5.73. The second-order valence-electron chi connectivity index (χ2n) is 5.48. The van der Waals surface area contributed by atoms with Gasteiger partial charge in [-0.25, -0.2) is 8.42 Å². The molecule has 2 rings (SSSR count). The van der Waals surface area contributed by atoms with Crippen LogP contribution in [0.25, 0.3) is 0 Å². The van der Waals surface area contributed by atoms with Crippen molar-refractivity contribution in [2.75, 3.05) is 19.4 Å². The molecule has 0 aromatic heterocycles. The smallest absolute Gasteiger partial charge is 0.175 e. The Balaban J connectivity index is 1.75. The van der Waals surface area contributed by atoms with Crippen LogP contribution in [0.5, 0.6) is 5.75 Å². The van der Waals surface area contributed by atoms with Crippen molar-refractivity contribution in [3.05, 3.63) is 59.7 Å². The summed E-state index contributed by atoms with van der Waals surface area (Å²) in [5.74, 6) is 3.21. The molecule has 1 N–H and O–H groups in total. The number of hydrogen-bond donors (Lipinski definition) is 1. The van der Waals surface area contributed by atoms with Crippen molar-refractivity contribution in [3.8, 4) is 18.1 Å². The van der Waals surface area contributed by atoms with E-state index < -0.39 is 9.84 Å². The summed E-state index contributed by atoms with van der Waals surface area (Å²) in [5.41, 5.74) is 2.27. The maximum Gasteiger partial charge on any atom is 0.175 e. The molecule has 24 heavy (non-hydrogen) atoms. The number of sulfone groups is 1. The highest BCUT2D eigenvalue weighted by Crippen LogP contribution is 2.12. The molecule has 0 saturated carbocycles. The fraction of sp³-hybridized carbons (Fsp3) is 0.263. The summed E-state index contributed by atoms with van der Waals surface area (Å²) < 4.78 is 28.2. The van der Waals surface area contributed by atoms with Gasteiger partial charge in [-0.05, 0) is 48.4 Å². The summed E-state index contributed by atoms with van der Waals surface area (Å²) in [6.45, 7) is 1.81. The van der Waals surface area contributed by atoms with Gasteiger partial charge in [-0.1, -0.05) is 30.2 Å². The average molecular weight is 343 g/mol. The maximum absolute atomic E-state index is 11.4. The molecule has 0 aliphatic heterocycles. The quantitative estimate of drug-likeness (QED) is 0.591. The molecular formula is C19H21NO3S. The van der Waals surface area contributed by atoms with Crippen LogP contribution in [0.4, 0.5) is 0 Å². The van der Waals surface area contributed by atoms with Crippen LogP contribution in [0.15, 0.2) is 53.4 Å². The van der Waals surface area contributed by atoms with Crippen molar-refractivity contribution in [2.24, 2.45) is 0 Å². The van der Waals surface area contributed by atoms with E-state index in [0.29, 0.717) is 11.4 Å². The largest absolute Gasteiger partial charge is 0.481 e. The molecule has 0 atom stereocenters. The van der Waals surface area contributed by atoms with Gasteiger partial charge in [0.05, 0.1) is 4.90 Å². The van der Waals surface area contributed by atoms with Gasteiger partial charge in [0.15, 0.2) is 9.84 Å². The number of hydrogen-bond acceptors (Lipinski definition) is 4. The van der Waals surface area contributed by atoms with Crippen LogP contribution in [0.1, 0.15) is 11.1 Å². The normalized spacial score (nSPS) is 11.0.